The first kappa shape index (κ1) is 32.8. The molecule has 1 aromatic heterocycles. The van der Waals surface area contributed by atoms with E-state index >= 15 is 0 Å². The maximum absolute atomic E-state index is 2.50. The molecular weight excluding hydrogens is 677 g/mol. The first-order chi connectivity index (χ1) is 27.3. The lowest BCUT2D eigenvalue weighted by molar-refractivity contribution is 0.659. The molecule has 56 heavy (non-hydrogen) atoms. The van der Waals surface area contributed by atoms with E-state index in [2.05, 4.69) is 219 Å². The van der Waals surface area contributed by atoms with Gasteiger partial charge < -0.3 is 9.47 Å². The molecule has 0 amide bonds. The van der Waals surface area contributed by atoms with Gasteiger partial charge in [0, 0.05) is 44.4 Å². The highest BCUT2D eigenvalue weighted by atomic mass is 15.1. The van der Waals surface area contributed by atoms with Crippen LogP contribution < -0.4 is 4.90 Å². The van der Waals surface area contributed by atoms with Gasteiger partial charge in [0.15, 0.2) is 0 Å². The van der Waals surface area contributed by atoms with Gasteiger partial charge in [-0.2, -0.15) is 0 Å². The van der Waals surface area contributed by atoms with Gasteiger partial charge in [-0.15, -0.1) is 0 Å². The number of hydrogen-bond donors (Lipinski definition) is 0. The van der Waals surface area contributed by atoms with Crippen molar-refractivity contribution < 1.29 is 0 Å². The second-order valence-electron chi connectivity index (χ2n) is 16.6. The molecule has 0 fully saturated rings. The van der Waals surface area contributed by atoms with Gasteiger partial charge in [0.1, 0.15) is 0 Å². The Kier molecular flexibility index (Phi) is 6.98. The summed E-state index contributed by atoms with van der Waals surface area (Å²) in [5.41, 5.74) is 20.2. The molecule has 9 aromatic rings. The van der Waals surface area contributed by atoms with Crippen LogP contribution in [0.5, 0.6) is 0 Å². The molecule has 1 heterocycles. The van der Waals surface area contributed by atoms with Crippen LogP contribution in [0.3, 0.4) is 0 Å². The van der Waals surface area contributed by atoms with Gasteiger partial charge in [-0.3, -0.25) is 0 Å². The molecule has 11 rings (SSSR count). The van der Waals surface area contributed by atoms with Crippen molar-refractivity contribution in [2.75, 3.05) is 4.90 Å². The van der Waals surface area contributed by atoms with Crippen LogP contribution in [0, 0.1) is 0 Å². The van der Waals surface area contributed by atoms with Crippen LogP contribution in [-0.2, 0) is 10.8 Å². The molecule has 0 N–H and O–H groups in total. The smallest absolute Gasteiger partial charge is 0.0544 e. The topological polar surface area (TPSA) is 8.17 Å². The number of rotatable bonds is 5. The number of benzene rings is 8. The Labute approximate surface area is 328 Å². The maximum atomic E-state index is 2.50. The molecule has 2 heteroatoms. The van der Waals surface area contributed by atoms with Crippen molar-refractivity contribution in [1.82, 2.24) is 4.57 Å². The molecule has 0 saturated carbocycles. The molecule has 0 saturated heterocycles. The summed E-state index contributed by atoms with van der Waals surface area (Å²) in [5, 5.41) is 2.59. The lowest BCUT2D eigenvalue weighted by Crippen LogP contribution is -2.17. The van der Waals surface area contributed by atoms with Crippen molar-refractivity contribution in [2.24, 2.45) is 0 Å². The number of aromatic nitrogens is 1. The Bertz CT molecular complexity index is 3000. The second-order valence-corrected chi connectivity index (χ2v) is 16.6. The molecule has 8 aromatic carbocycles. The molecule has 2 aliphatic carbocycles. The van der Waals surface area contributed by atoms with Gasteiger partial charge in [0.25, 0.3) is 0 Å². The third kappa shape index (κ3) is 4.69. The van der Waals surface area contributed by atoms with Gasteiger partial charge in [-0.1, -0.05) is 143 Å². The fraction of sp³-hybridized carbons (Fsp3) is 0.111. The van der Waals surface area contributed by atoms with Gasteiger partial charge >= 0.3 is 0 Å². The quantitative estimate of drug-likeness (QED) is 0.172. The molecule has 0 spiro atoms. The SMILES string of the molecule is CC1(C)c2cc(N(c3ccccc3)c3ccc(-c4ccccc4)cc3)ccc2-c2ccc(-n3c4ccccc4c4cc5c(cc43)C(C)(C)c3ccccc3-5)cc21. The summed E-state index contributed by atoms with van der Waals surface area (Å²) in [5.74, 6) is 0. The lowest BCUT2D eigenvalue weighted by atomic mass is 9.82. The van der Waals surface area contributed by atoms with Crippen LogP contribution in [0.25, 0.3) is 60.9 Å². The zero-order valence-corrected chi connectivity index (χ0v) is 32.2. The van der Waals surface area contributed by atoms with E-state index in [1.165, 1.54) is 83.1 Å². The fourth-order valence-electron chi connectivity index (χ4n) is 9.89. The third-order valence-corrected chi connectivity index (χ3v) is 12.8. The van der Waals surface area contributed by atoms with Crippen LogP contribution in [0.15, 0.2) is 182 Å². The molecule has 0 aliphatic heterocycles. The van der Waals surface area contributed by atoms with E-state index in [1.807, 2.05) is 0 Å². The van der Waals surface area contributed by atoms with Crippen LogP contribution >= 0.6 is 0 Å². The van der Waals surface area contributed by atoms with Crippen molar-refractivity contribution >= 4 is 38.9 Å². The highest BCUT2D eigenvalue weighted by Gasteiger charge is 2.38. The van der Waals surface area contributed by atoms with E-state index in [-0.39, 0.29) is 10.8 Å². The van der Waals surface area contributed by atoms with Crippen LogP contribution in [0.1, 0.15) is 49.9 Å². The minimum Gasteiger partial charge on any atom is -0.310 e. The highest BCUT2D eigenvalue weighted by Crippen LogP contribution is 2.53. The van der Waals surface area contributed by atoms with Crippen molar-refractivity contribution in [2.45, 2.75) is 38.5 Å². The lowest BCUT2D eigenvalue weighted by Gasteiger charge is -2.28. The molecule has 268 valence electrons. The second kappa shape index (κ2) is 11.9. The maximum Gasteiger partial charge on any atom is 0.0544 e. The van der Waals surface area contributed by atoms with Crippen LogP contribution in [0.2, 0.25) is 0 Å². The summed E-state index contributed by atoms with van der Waals surface area (Å²) in [4.78, 5) is 2.38. The van der Waals surface area contributed by atoms with Gasteiger partial charge in [-0.05, 0) is 122 Å². The van der Waals surface area contributed by atoms with Gasteiger partial charge in [0.05, 0.1) is 11.0 Å². The number of fused-ring (bicyclic) bond motifs is 9. The summed E-state index contributed by atoms with van der Waals surface area (Å²) in [6.07, 6.45) is 0. The molecule has 0 atom stereocenters. The Morgan fingerprint density at radius 2 is 0.911 bits per heavy atom. The molecule has 2 nitrogen and oxygen atoms in total. The number of anilines is 3. The van der Waals surface area contributed by atoms with E-state index in [0.717, 1.165) is 17.1 Å². The van der Waals surface area contributed by atoms with E-state index < -0.39 is 0 Å². The average Bonchev–Trinajstić information content (AvgIpc) is 3.77. The first-order valence-corrected chi connectivity index (χ1v) is 19.8. The minimum absolute atomic E-state index is 0.0712. The Morgan fingerprint density at radius 1 is 0.357 bits per heavy atom. The Morgan fingerprint density at radius 3 is 1.70 bits per heavy atom. The van der Waals surface area contributed by atoms with Crippen LogP contribution in [-0.4, -0.2) is 4.57 Å². The normalized spacial score (nSPS) is 14.4. The molecule has 0 unspecified atom stereocenters. The van der Waals surface area contributed by atoms with Crippen molar-refractivity contribution in [3.8, 4) is 39.1 Å². The summed E-state index contributed by atoms with van der Waals surface area (Å²) >= 11 is 0. The molecular formula is C54H42N2. The minimum atomic E-state index is -0.208. The monoisotopic (exact) mass is 718 g/mol. The number of hydrogen-bond acceptors (Lipinski definition) is 1. The van der Waals surface area contributed by atoms with Gasteiger partial charge in [-0.25, -0.2) is 0 Å². The zero-order valence-electron chi connectivity index (χ0n) is 32.2. The standard InChI is InChI=1S/C54H42N2/c1-53(2)47-21-13-11-19-41(47)45-33-46-44-20-12-14-22-51(44)56(52(46)34-50(45)53)40-28-30-43-42-29-27-39(31-48(42)54(3,4)49(43)32-40)55(37-17-9-6-10-18-37)38-25-23-36(24-26-38)35-15-7-5-8-16-35/h5-34H,1-4H3. The van der Waals surface area contributed by atoms with E-state index in [4.69, 9.17) is 0 Å². The fourth-order valence-corrected chi connectivity index (χ4v) is 9.89. The summed E-state index contributed by atoms with van der Waals surface area (Å²) < 4.78 is 2.50. The average molecular weight is 719 g/mol. The first-order valence-electron chi connectivity index (χ1n) is 19.8. The number of para-hydroxylation sites is 2. The molecule has 0 bridgehead atoms. The predicted octanol–water partition coefficient (Wildman–Crippen LogP) is 14.5. The third-order valence-electron chi connectivity index (χ3n) is 12.8. The largest absolute Gasteiger partial charge is 0.310 e. The summed E-state index contributed by atoms with van der Waals surface area (Å²) in [7, 11) is 0. The summed E-state index contributed by atoms with van der Waals surface area (Å²) in [6, 6.07) is 67.3. The van der Waals surface area contributed by atoms with Gasteiger partial charge in [0.2, 0.25) is 0 Å². The van der Waals surface area contributed by atoms with E-state index in [9.17, 15) is 0 Å². The predicted molar refractivity (Wildman–Crippen MR) is 236 cm³/mol. The highest BCUT2D eigenvalue weighted by molar-refractivity contribution is 6.11. The Hall–Kier alpha value is -6.64. The molecule has 0 radical (unpaired) electrons. The van der Waals surface area contributed by atoms with Crippen molar-refractivity contribution in [3.63, 3.8) is 0 Å². The summed E-state index contributed by atoms with van der Waals surface area (Å²) in [6.45, 7) is 9.54. The molecule has 2 aliphatic rings. The zero-order chi connectivity index (χ0) is 37.8. The van der Waals surface area contributed by atoms with Crippen molar-refractivity contribution in [1.29, 1.82) is 0 Å². The number of nitrogens with zero attached hydrogens (tertiary/aromatic N) is 2. The van der Waals surface area contributed by atoms with Crippen LogP contribution in [0.4, 0.5) is 17.1 Å². The van der Waals surface area contributed by atoms with Crippen molar-refractivity contribution in [3.05, 3.63) is 204 Å². The van der Waals surface area contributed by atoms with E-state index in [1.54, 1.807) is 0 Å². The Balaban J connectivity index is 1.03. The van der Waals surface area contributed by atoms with E-state index in [0.29, 0.717) is 0 Å².